The van der Waals surface area contributed by atoms with E-state index in [1.165, 1.54) is 6.07 Å². The lowest BCUT2D eigenvalue weighted by molar-refractivity contribution is 0.627. The number of rotatable bonds is 2. The van der Waals surface area contributed by atoms with Crippen LogP contribution in [0.15, 0.2) is 48.5 Å². The first kappa shape index (κ1) is 12.8. The van der Waals surface area contributed by atoms with E-state index in [2.05, 4.69) is 10.2 Å². The summed E-state index contributed by atoms with van der Waals surface area (Å²) < 4.78 is 13.9. The van der Waals surface area contributed by atoms with E-state index in [1.807, 2.05) is 24.3 Å². The van der Waals surface area contributed by atoms with E-state index in [-0.39, 0.29) is 5.82 Å². The fraction of sp³-hybridized carbons (Fsp3) is 0.0667. The first-order valence-corrected chi connectivity index (χ1v) is 6.45. The lowest BCUT2D eigenvalue weighted by Crippen LogP contribution is -2.14. The number of benzene rings is 2. The van der Waals surface area contributed by atoms with Gasteiger partial charge < -0.3 is 4.90 Å². The predicted octanol–water partition coefficient (Wildman–Crippen LogP) is 4.19. The summed E-state index contributed by atoms with van der Waals surface area (Å²) in [4.78, 5) is 1.67. The lowest BCUT2D eigenvalue weighted by atomic mass is 10.2. The van der Waals surface area contributed by atoms with Crippen molar-refractivity contribution in [1.82, 2.24) is 10.2 Å². The van der Waals surface area contributed by atoms with Crippen LogP contribution in [0.1, 0.15) is 0 Å². The largest absolute Gasteiger partial charge is 0.325 e. The molecule has 0 saturated heterocycles. The second-order valence-corrected chi connectivity index (χ2v) is 4.73. The molecule has 3 rings (SSSR count). The summed E-state index contributed by atoms with van der Waals surface area (Å²) >= 11 is 6.04. The van der Waals surface area contributed by atoms with E-state index in [0.717, 1.165) is 10.8 Å². The van der Waals surface area contributed by atoms with Crippen molar-refractivity contribution in [2.45, 2.75) is 0 Å². The van der Waals surface area contributed by atoms with Crippen molar-refractivity contribution in [3.8, 4) is 0 Å². The van der Waals surface area contributed by atoms with Crippen LogP contribution >= 0.6 is 11.6 Å². The first-order chi connectivity index (χ1) is 9.68. The Bertz CT molecular complexity index is 776. The van der Waals surface area contributed by atoms with E-state index >= 15 is 0 Å². The van der Waals surface area contributed by atoms with Gasteiger partial charge in [0.1, 0.15) is 5.82 Å². The van der Waals surface area contributed by atoms with Crippen LogP contribution in [0.5, 0.6) is 0 Å². The molecule has 0 aliphatic rings. The Morgan fingerprint density at radius 1 is 0.950 bits per heavy atom. The standard InChI is InChI=1S/C15H11ClFN3/c1-20(13-9-5-4-8-12(13)17)15-11-7-3-2-6-10(11)14(16)18-19-15/h2-9H,1H3. The predicted molar refractivity (Wildman–Crippen MR) is 79.0 cm³/mol. The van der Waals surface area contributed by atoms with Gasteiger partial charge in [-0.3, -0.25) is 0 Å². The van der Waals surface area contributed by atoms with E-state index in [9.17, 15) is 4.39 Å². The van der Waals surface area contributed by atoms with E-state index < -0.39 is 0 Å². The summed E-state index contributed by atoms with van der Waals surface area (Å²) in [5, 5.41) is 10.0. The van der Waals surface area contributed by atoms with Gasteiger partial charge in [-0.2, -0.15) is 0 Å². The fourth-order valence-electron chi connectivity index (χ4n) is 2.14. The van der Waals surface area contributed by atoms with Crippen LogP contribution < -0.4 is 4.90 Å². The Balaban J connectivity index is 2.20. The van der Waals surface area contributed by atoms with E-state index in [4.69, 9.17) is 11.6 Å². The fourth-order valence-corrected chi connectivity index (χ4v) is 2.35. The monoisotopic (exact) mass is 287 g/mol. The molecular weight excluding hydrogens is 277 g/mol. The van der Waals surface area contributed by atoms with Crippen LogP contribution in [0.25, 0.3) is 10.8 Å². The van der Waals surface area contributed by atoms with Crippen molar-refractivity contribution < 1.29 is 4.39 Å². The third kappa shape index (κ3) is 2.08. The second kappa shape index (κ2) is 5.06. The normalized spacial score (nSPS) is 10.8. The average Bonchev–Trinajstić information content (AvgIpc) is 2.48. The molecule has 100 valence electrons. The summed E-state index contributed by atoms with van der Waals surface area (Å²) in [6, 6.07) is 14.1. The van der Waals surface area contributed by atoms with Gasteiger partial charge >= 0.3 is 0 Å². The van der Waals surface area contributed by atoms with Gasteiger partial charge in [-0.1, -0.05) is 48.0 Å². The summed E-state index contributed by atoms with van der Waals surface area (Å²) in [6.07, 6.45) is 0. The molecule has 3 aromatic rings. The molecule has 0 fully saturated rings. The second-order valence-electron chi connectivity index (χ2n) is 4.37. The average molecular weight is 288 g/mol. The highest BCUT2D eigenvalue weighted by molar-refractivity contribution is 6.34. The maximum Gasteiger partial charge on any atom is 0.163 e. The van der Waals surface area contributed by atoms with Gasteiger partial charge in [0.25, 0.3) is 0 Å². The van der Waals surface area contributed by atoms with E-state index in [0.29, 0.717) is 16.7 Å². The van der Waals surface area contributed by atoms with Crippen LogP contribution in [0, 0.1) is 5.82 Å². The Morgan fingerprint density at radius 2 is 1.60 bits per heavy atom. The van der Waals surface area contributed by atoms with Crippen molar-refractivity contribution in [1.29, 1.82) is 0 Å². The molecule has 0 bridgehead atoms. The minimum absolute atomic E-state index is 0.309. The quantitative estimate of drug-likeness (QED) is 0.708. The molecule has 0 N–H and O–H groups in total. The molecular formula is C15H11ClFN3. The summed E-state index contributed by atoms with van der Waals surface area (Å²) in [5.41, 5.74) is 0.439. The zero-order valence-electron chi connectivity index (χ0n) is 10.7. The van der Waals surface area contributed by atoms with Gasteiger partial charge in [0.15, 0.2) is 11.0 Å². The van der Waals surface area contributed by atoms with Crippen LogP contribution in [0.2, 0.25) is 5.15 Å². The highest BCUT2D eigenvalue weighted by Crippen LogP contribution is 2.32. The van der Waals surface area contributed by atoms with Crippen molar-refractivity contribution in [2.24, 2.45) is 0 Å². The molecule has 0 unspecified atom stereocenters. The first-order valence-electron chi connectivity index (χ1n) is 6.07. The van der Waals surface area contributed by atoms with Gasteiger partial charge in [0.05, 0.1) is 5.69 Å². The molecule has 5 heteroatoms. The SMILES string of the molecule is CN(c1ccccc1F)c1nnc(Cl)c2ccccc12. The number of halogens is 2. The number of nitrogens with zero attached hydrogens (tertiary/aromatic N) is 3. The van der Waals surface area contributed by atoms with Gasteiger partial charge in [0, 0.05) is 17.8 Å². The molecule has 3 nitrogen and oxygen atoms in total. The van der Waals surface area contributed by atoms with Crippen molar-refractivity contribution in [2.75, 3.05) is 11.9 Å². The maximum atomic E-state index is 13.9. The molecule has 0 aliphatic carbocycles. The van der Waals surface area contributed by atoms with Gasteiger partial charge in [-0.05, 0) is 12.1 Å². The zero-order valence-corrected chi connectivity index (χ0v) is 11.5. The number of fused-ring (bicyclic) bond motifs is 1. The van der Waals surface area contributed by atoms with Gasteiger partial charge in [0.2, 0.25) is 0 Å². The Hall–Kier alpha value is -2.20. The van der Waals surface area contributed by atoms with Crippen LogP contribution in [0.4, 0.5) is 15.9 Å². The van der Waals surface area contributed by atoms with Crippen LogP contribution in [0.3, 0.4) is 0 Å². The minimum atomic E-state index is -0.309. The summed E-state index contributed by atoms with van der Waals surface area (Å²) in [7, 11) is 1.75. The highest BCUT2D eigenvalue weighted by Gasteiger charge is 2.15. The molecule has 0 amide bonds. The zero-order chi connectivity index (χ0) is 14.1. The number of para-hydroxylation sites is 1. The molecule has 1 heterocycles. The van der Waals surface area contributed by atoms with Crippen molar-refractivity contribution in [3.63, 3.8) is 0 Å². The van der Waals surface area contributed by atoms with Gasteiger partial charge in [-0.25, -0.2) is 4.39 Å². The van der Waals surface area contributed by atoms with Crippen molar-refractivity contribution >= 4 is 33.9 Å². The summed E-state index contributed by atoms with van der Waals surface area (Å²) in [6.45, 7) is 0. The lowest BCUT2D eigenvalue weighted by Gasteiger charge is -2.20. The Labute approximate surface area is 120 Å². The van der Waals surface area contributed by atoms with Crippen LogP contribution in [-0.4, -0.2) is 17.2 Å². The van der Waals surface area contributed by atoms with Gasteiger partial charge in [-0.15, -0.1) is 10.2 Å². The Kier molecular flexibility index (Phi) is 3.24. The third-order valence-electron chi connectivity index (χ3n) is 3.15. The number of aromatic nitrogens is 2. The Morgan fingerprint density at radius 3 is 2.35 bits per heavy atom. The number of anilines is 2. The van der Waals surface area contributed by atoms with Crippen molar-refractivity contribution in [3.05, 3.63) is 59.5 Å². The molecule has 0 atom stereocenters. The molecule has 0 radical (unpaired) electrons. The molecule has 0 spiro atoms. The third-order valence-corrected chi connectivity index (χ3v) is 3.43. The minimum Gasteiger partial charge on any atom is -0.325 e. The summed E-state index contributed by atoms with van der Waals surface area (Å²) in [5.74, 6) is 0.255. The maximum absolute atomic E-state index is 13.9. The number of hydrogen-bond donors (Lipinski definition) is 0. The topological polar surface area (TPSA) is 29.0 Å². The number of hydrogen-bond acceptors (Lipinski definition) is 3. The molecule has 2 aromatic carbocycles. The molecule has 1 aromatic heterocycles. The smallest absolute Gasteiger partial charge is 0.163 e. The van der Waals surface area contributed by atoms with E-state index in [1.54, 1.807) is 30.1 Å². The highest BCUT2D eigenvalue weighted by atomic mass is 35.5. The molecule has 0 saturated carbocycles. The van der Waals surface area contributed by atoms with Crippen LogP contribution in [-0.2, 0) is 0 Å². The molecule has 0 aliphatic heterocycles. The molecule has 20 heavy (non-hydrogen) atoms.